The molecule has 0 bridgehead atoms. The van der Waals surface area contributed by atoms with Crippen molar-refractivity contribution in [2.45, 2.75) is 6.04 Å². The molecule has 13 heavy (non-hydrogen) atoms. The van der Waals surface area contributed by atoms with Gasteiger partial charge in [0.2, 0.25) is 0 Å². The Kier molecular flexibility index (Phi) is 2.30. The van der Waals surface area contributed by atoms with Gasteiger partial charge in [-0.05, 0) is 0 Å². The fourth-order valence-electron chi connectivity index (χ4n) is 1.37. The van der Waals surface area contributed by atoms with Crippen LogP contribution in [0.5, 0.6) is 0 Å². The number of carboxylic acids is 1. The van der Waals surface area contributed by atoms with Gasteiger partial charge in [0.05, 0.1) is 16.9 Å². The molecule has 1 aliphatic heterocycles. The summed E-state index contributed by atoms with van der Waals surface area (Å²) in [5.74, 6) is 0.817. The lowest BCUT2D eigenvalue weighted by atomic mass is 9.84. The molecule has 74 valence electrons. The number of hydrogen-bond donors (Lipinski definition) is 4. The van der Waals surface area contributed by atoms with Gasteiger partial charge in [-0.3, -0.25) is 13.9 Å². The van der Waals surface area contributed by atoms with Crippen molar-refractivity contribution in [2.24, 2.45) is 11.1 Å². The highest BCUT2D eigenvalue weighted by Crippen LogP contribution is 2.59. The van der Waals surface area contributed by atoms with E-state index < -0.39 is 28.0 Å². The van der Waals surface area contributed by atoms with Crippen molar-refractivity contribution in [3.63, 3.8) is 0 Å². The van der Waals surface area contributed by atoms with Crippen molar-refractivity contribution in [2.75, 3.05) is 11.5 Å². The summed E-state index contributed by atoms with van der Waals surface area (Å²) < 4.78 is 18.2. The first kappa shape index (κ1) is 10.3. The van der Waals surface area contributed by atoms with Gasteiger partial charge in [-0.15, -0.1) is 6.42 Å². The van der Waals surface area contributed by atoms with Gasteiger partial charge in [-0.25, -0.2) is 0 Å². The van der Waals surface area contributed by atoms with Gasteiger partial charge in [-0.2, -0.15) is 10.6 Å². The number of hydrogen-bond acceptors (Lipinski definition) is 4. The first-order valence-corrected chi connectivity index (χ1v) is 5.41. The lowest BCUT2D eigenvalue weighted by Gasteiger charge is -2.54. The van der Waals surface area contributed by atoms with Crippen LogP contribution in [-0.2, 0) is 4.79 Å². The third-order valence-electron chi connectivity index (χ3n) is 2.13. The molecule has 0 amide bonds. The number of nitrogens with two attached hydrogens (primary N) is 1. The molecule has 1 fully saturated rings. The molecule has 1 atom stereocenters. The summed E-state index contributed by atoms with van der Waals surface area (Å²) in [6.45, 7) is 0. The summed E-state index contributed by atoms with van der Waals surface area (Å²) in [7, 11) is -2.67. The second-order valence-electron chi connectivity index (χ2n) is 3.21. The van der Waals surface area contributed by atoms with Crippen molar-refractivity contribution in [1.29, 1.82) is 0 Å². The normalized spacial score (nSPS) is 27.8. The number of rotatable bonds is 2. The summed E-state index contributed by atoms with van der Waals surface area (Å²) in [6, 6.07) is -1.22. The highest BCUT2D eigenvalue weighted by atomic mass is 32.3. The van der Waals surface area contributed by atoms with Crippen LogP contribution in [0.3, 0.4) is 0 Å². The predicted octanol–water partition coefficient (Wildman–Crippen LogP) is -0.218. The standard InChI is InChI=1S/C7H11NO4S/c1-2-7(5(8)6(9)10)3-13(11,12)4-7/h1,5,11-12H,3-4,8H2,(H,9,10). The molecule has 0 aromatic rings. The van der Waals surface area contributed by atoms with Gasteiger partial charge in [0.25, 0.3) is 0 Å². The first-order chi connectivity index (χ1) is 5.83. The van der Waals surface area contributed by atoms with Crippen LogP contribution in [0.15, 0.2) is 0 Å². The average molecular weight is 205 g/mol. The quantitative estimate of drug-likeness (QED) is 0.467. The monoisotopic (exact) mass is 205 g/mol. The van der Waals surface area contributed by atoms with E-state index in [4.69, 9.17) is 26.4 Å². The molecule has 6 heteroatoms. The van der Waals surface area contributed by atoms with Gasteiger partial charge >= 0.3 is 5.97 Å². The van der Waals surface area contributed by atoms with Crippen molar-refractivity contribution in [1.82, 2.24) is 0 Å². The third kappa shape index (κ3) is 1.64. The maximum absolute atomic E-state index is 10.5. The highest BCUT2D eigenvalue weighted by molar-refractivity contribution is 8.25. The van der Waals surface area contributed by atoms with E-state index in [1.807, 2.05) is 0 Å². The van der Waals surface area contributed by atoms with E-state index in [9.17, 15) is 4.79 Å². The SMILES string of the molecule is C#CC1(C(N)C(=O)O)CS(O)(O)C1. The minimum Gasteiger partial charge on any atom is -0.480 e. The maximum Gasteiger partial charge on any atom is 0.322 e. The molecular weight excluding hydrogens is 194 g/mol. The zero-order valence-electron chi connectivity index (χ0n) is 6.80. The van der Waals surface area contributed by atoms with Crippen LogP contribution in [-0.4, -0.2) is 37.7 Å². The van der Waals surface area contributed by atoms with Gasteiger partial charge in [0.15, 0.2) is 0 Å². The maximum atomic E-state index is 10.5. The molecule has 1 saturated heterocycles. The number of carboxylic acid groups (broad SMARTS) is 1. The zero-order valence-corrected chi connectivity index (χ0v) is 7.62. The Balaban J connectivity index is 2.78. The average Bonchev–Trinajstić information content (AvgIpc) is 1.97. The Morgan fingerprint density at radius 2 is 2.08 bits per heavy atom. The van der Waals surface area contributed by atoms with Gasteiger partial charge < -0.3 is 10.8 Å². The Morgan fingerprint density at radius 3 is 2.31 bits per heavy atom. The number of aliphatic carboxylic acids is 1. The smallest absolute Gasteiger partial charge is 0.322 e. The molecule has 0 aromatic carbocycles. The van der Waals surface area contributed by atoms with Gasteiger partial charge in [-0.1, -0.05) is 5.92 Å². The predicted molar refractivity (Wildman–Crippen MR) is 49.5 cm³/mol. The molecule has 1 unspecified atom stereocenters. The fourth-order valence-corrected chi connectivity index (χ4v) is 3.46. The molecule has 0 radical (unpaired) electrons. The summed E-state index contributed by atoms with van der Waals surface area (Å²) in [5, 5.41) is 8.61. The molecule has 0 spiro atoms. The Hall–Kier alpha value is -0.740. The zero-order chi connectivity index (χ0) is 10.3. The van der Waals surface area contributed by atoms with E-state index in [-0.39, 0.29) is 11.5 Å². The van der Waals surface area contributed by atoms with Crippen LogP contribution in [0, 0.1) is 17.8 Å². The molecule has 0 saturated carbocycles. The minimum atomic E-state index is -2.67. The lowest BCUT2D eigenvalue weighted by molar-refractivity contribution is -0.140. The Morgan fingerprint density at radius 1 is 1.62 bits per heavy atom. The van der Waals surface area contributed by atoms with Crippen LogP contribution >= 0.6 is 10.6 Å². The molecule has 1 rings (SSSR count). The van der Waals surface area contributed by atoms with E-state index in [2.05, 4.69) is 5.92 Å². The van der Waals surface area contributed by atoms with Gasteiger partial charge in [0, 0.05) is 0 Å². The van der Waals surface area contributed by atoms with Crippen LogP contribution in [0.1, 0.15) is 0 Å². The van der Waals surface area contributed by atoms with E-state index in [1.165, 1.54) is 0 Å². The second kappa shape index (κ2) is 2.89. The summed E-state index contributed by atoms with van der Waals surface area (Å²) in [5.41, 5.74) is 4.26. The topological polar surface area (TPSA) is 104 Å². The van der Waals surface area contributed by atoms with Crippen molar-refractivity contribution >= 4 is 16.6 Å². The molecule has 1 aliphatic rings. The van der Waals surface area contributed by atoms with Crippen molar-refractivity contribution in [3.05, 3.63) is 0 Å². The molecule has 0 aromatic heterocycles. The third-order valence-corrected chi connectivity index (χ3v) is 4.08. The first-order valence-electron chi connectivity index (χ1n) is 3.53. The second-order valence-corrected chi connectivity index (χ2v) is 5.39. The Labute approximate surface area is 77.3 Å². The summed E-state index contributed by atoms with van der Waals surface area (Å²) in [4.78, 5) is 10.5. The minimum absolute atomic E-state index is 0.107. The molecular formula is C7H11NO4S. The molecule has 1 heterocycles. The van der Waals surface area contributed by atoms with Crippen LogP contribution in [0.25, 0.3) is 0 Å². The molecule has 5 nitrogen and oxygen atoms in total. The van der Waals surface area contributed by atoms with Crippen LogP contribution in [0.2, 0.25) is 0 Å². The van der Waals surface area contributed by atoms with Crippen molar-refractivity contribution in [3.8, 4) is 12.3 Å². The van der Waals surface area contributed by atoms with Crippen LogP contribution < -0.4 is 5.73 Å². The number of terminal acetylenes is 1. The van der Waals surface area contributed by atoms with Crippen LogP contribution in [0.4, 0.5) is 0 Å². The van der Waals surface area contributed by atoms with E-state index >= 15 is 0 Å². The lowest BCUT2D eigenvalue weighted by Crippen LogP contribution is -2.58. The van der Waals surface area contributed by atoms with E-state index in [0.29, 0.717) is 0 Å². The summed E-state index contributed by atoms with van der Waals surface area (Å²) in [6.07, 6.45) is 5.13. The van der Waals surface area contributed by atoms with E-state index in [1.54, 1.807) is 0 Å². The summed E-state index contributed by atoms with van der Waals surface area (Å²) >= 11 is 0. The Bertz CT molecular complexity index is 275. The molecule has 5 N–H and O–H groups in total. The molecule has 0 aliphatic carbocycles. The fraction of sp³-hybridized carbons (Fsp3) is 0.571. The van der Waals surface area contributed by atoms with E-state index in [0.717, 1.165) is 0 Å². The number of carbonyl (C=O) groups is 1. The highest BCUT2D eigenvalue weighted by Gasteiger charge is 2.53. The van der Waals surface area contributed by atoms with Gasteiger partial charge in [0.1, 0.15) is 6.04 Å². The largest absolute Gasteiger partial charge is 0.480 e. The van der Waals surface area contributed by atoms with Crippen molar-refractivity contribution < 1.29 is 19.0 Å².